The summed E-state index contributed by atoms with van der Waals surface area (Å²) in [4.78, 5) is 4.22. The summed E-state index contributed by atoms with van der Waals surface area (Å²) in [5, 5.41) is 0.704. The molecule has 62 valence electrons. The molecule has 0 aliphatic rings. The van der Waals surface area contributed by atoms with Crippen molar-refractivity contribution in [1.29, 1.82) is 0 Å². The summed E-state index contributed by atoms with van der Waals surface area (Å²) in [6.07, 6.45) is 0. The number of nitrogens with zero attached hydrogens (tertiary/aromatic N) is 2. The molecular weight excluding hydrogens is 170 g/mol. The molecule has 0 atom stereocenters. The summed E-state index contributed by atoms with van der Waals surface area (Å²) in [5.74, 6) is 0. The van der Waals surface area contributed by atoms with Crippen molar-refractivity contribution in [2.24, 2.45) is 7.05 Å². The molecule has 3 nitrogen and oxygen atoms in total. The first-order chi connectivity index (χ1) is 5.68. The third-order valence-electron chi connectivity index (χ3n) is 1.88. The first-order valence-electron chi connectivity index (χ1n) is 3.59. The fraction of sp³-hybridized carbons (Fsp3) is 0.125. The van der Waals surface area contributed by atoms with Crippen molar-refractivity contribution in [1.82, 2.24) is 9.55 Å². The van der Waals surface area contributed by atoms with E-state index in [1.807, 2.05) is 29.8 Å². The van der Waals surface area contributed by atoms with E-state index in [0.29, 0.717) is 5.16 Å². The first kappa shape index (κ1) is 7.49. The lowest BCUT2D eigenvalue weighted by Gasteiger charge is -1.95. The highest BCUT2D eigenvalue weighted by molar-refractivity contribution is 7.80. The van der Waals surface area contributed by atoms with Crippen molar-refractivity contribution in [3.63, 3.8) is 0 Å². The summed E-state index contributed by atoms with van der Waals surface area (Å²) >= 11 is 4.20. The van der Waals surface area contributed by atoms with Gasteiger partial charge in [-0.05, 0) is 18.2 Å². The van der Waals surface area contributed by atoms with E-state index in [-0.39, 0.29) is 0 Å². The number of benzene rings is 1. The molecule has 1 heterocycles. The number of aromatic nitrogens is 2. The third kappa shape index (κ3) is 0.956. The van der Waals surface area contributed by atoms with E-state index in [2.05, 4.69) is 17.6 Å². The van der Waals surface area contributed by atoms with Crippen LogP contribution in [0.2, 0.25) is 0 Å². The molecule has 2 rings (SSSR count). The van der Waals surface area contributed by atoms with Crippen LogP contribution in [0.25, 0.3) is 11.0 Å². The Morgan fingerprint density at radius 3 is 3.00 bits per heavy atom. The highest BCUT2D eigenvalue weighted by Gasteiger charge is 2.03. The van der Waals surface area contributed by atoms with Gasteiger partial charge < -0.3 is 10.3 Å². The molecule has 0 aliphatic carbocycles. The second kappa shape index (κ2) is 2.42. The maximum absolute atomic E-state index is 5.61. The average Bonchev–Trinajstić information content (AvgIpc) is 2.28. The van der Waals surface area contributed by atoms with Crippen LogP contribution >= 0.6 is 12.6 Å². The third-order valence-corrected chi connectivity index (χ3v) is 2.28. The smallest absolute Gasteiger partial charge is 0.165 e. The zero-order valence-electron chi connectivity index (χ0n) is 6.65. The van der Waals surface area contributed by atoms with Gasteiger partial charge in [0.05, 0.1) is 11.0 Å². The number of nitrogen functional groups attached to an aromatic ring is 1. The number of nitrogens with two attached hydrogens (primary N) is 1. The second-order valence-corrected chi connectivity index (χ2v) is 3.12. The molecule has 0 bridgehead atoms. The molecule has 0 spiro atoms. The summed E-state index contributed by atoms with van der Waals surface area (Å²) in [6.45, 7) is 0. The summed E-state index contributed by atoms with van der Waals surface area (Å²) < 4.78 is 1.91. The number of hydrogen-bond donors (Lipinski definition) is 2. The predicted molar refractivity (Wildman–Crippen MR) is 52.4 cm³/mol. The van der Waals surface area contributed by atoms with Crippen LogP contribution in [0.15, 0.2) is 23.4 Å². The lowest BCUT2D eigenvalue weighted by atomic mass is 10.3. The van der Waals surface area contributed by atoms with Crippen LogP contribution in [0.5, 0.6) is 0 Å². The highest BCUT2D eigenvalue weighted by Crippen LogP contribution is 2.18. The van der Waals surface area contributed by atoms with Crippen LogP contribution < -0.4 is 5.73 Å². The normalized spacial score (nSPS) is 10.8. The van der Waals surface area contributed by atoms with E-state index in [4.69, 9.17) is 5.73 Å². The standard InChI is InChI=1S/C8H9N3S/c1-11-7-3-2-5(9)4-6(7)10-8(11)12/h2-4H,9H2,1H3,(H,10,12). The quantitative estimate of drug-likeness (QED) is 0.475. The van der Waals surface area contributed by atoms with Gasteiger partial charge in [-0.25, -0.2) is 4.98 Å². The largest absolute Gasteiger partial charge is 0.399 e. The molecule has 0 aliphatic heterocycles. The van der Waals surface area contributed by atoms with Gasteiger partial charge in [-0.3, -0.25) is 0 Å². The Morgan fingerprint density at radius 1 is 1.50 bits per heavy atom. The molecule has 0 saturated carbocycles. The van der Waals surface area contributed by atoms with E-state index in [1.54, 1.807) is 0 Å². The molecule has 4 heteroatoms. The number of fused-ring (bicyclic) bond motifs is 1. The molecule has 2 N–H and O–H groups in total. The van der Waals surface area contributed by atoms with Crippen LogP contribution in [-0.2, 0) is 7.05 Å². The molecule has 0 fully saturated rings. The molecule has 2 aromatic rings. The maximum Gasteiger partial charge on any atom is 0.165 e. The van der Waals surface area contributed by atoms with Crippen molar-refractivity contribution < 1.29 is 0 Å². The summed E-state index contributed by atoms with van der Waals surface area (Å²) in [5.41, 5.74) is 8.28. The number of aryl methyl sites for hydroxylation is 1. The van der Waals surface area contributed by atoms with Crippen LogP contribution in [-0.4, -0.2) is 9.55 Å². The molecular formula is C8H9N3S. The number of thiol groups is 1. The number of anilines is 1. The van der Waals surface area contributed by atoms with E-state index in [9.17, 15) is 0 Å². The van der Waals surface area contributed by atoms with Gasteiger partial charge in [-0.1, -0.05) is 0 Å². The first-order valence-corrected chi connectivity index (χ1v) is 4.04. The number of hydrogen-bond acceptors (Lipinski definition) is 3. The average molecular weight is 179 g/mol. The second-order valence-electron chi connectivity index (χ2n) is 2.72. The van der Waals surface area contributed by atoms with Gasteiger partial charge in [0.25, 0.3) is 0 Å². The summed E-state index contributed by atoms with van der Waals surface area (Å²) in [6, 6.07) is 5.64. The predicted octanol–water partition coefficient (Wildman–Crippen LogP) is 1.44. The molecule has 0 amide bonds. The Bertz CT molecular complexity index is 433. The zero-order valence-corrected chi connectivity index (χ0v) is 7.55. The Balaban J connectivity index is 2.87. The van der Waals surface area contributed by atoms with Crippen LogP contribution in [0.4, 0.5) is 5.69 Å². The molecule has 1 aromatic heterocycles. The Labute approximate surface area is 75.6 Å². The molecule has 0 unspecified atom stereocenters. The molecule has 12 heavy (non-hydrogen) atoms. The molecule has 0 saturated heterocycles. The molecule has 0 radical (unpaired) electrons. The summed E-state index contributed by atoms with van der Waals surface area (Å²) in [7, 11) is 1.92. The maximum atomic E-state index is 5.61. The molecule has 1 aromatic carbocycles. The van der Waals surface area contributed by atoms with Gasteiger partial charge in [-0.2, -0.15) is 0 Å². The van der Waals surface area contributed by atoms with Gasteiger partial charge in [-0.15, -0.1) is 12.6 Å². The van der Waals surface area contributed by atoms with E-state index in [1.165, 1.54) is 0 Å². The minimum atomic E-state index is 0.704. The van der Waals surface area contributed by atoms with Crippen molar-refractivity contribution in [2.75, 3.05) is 5.73 Å². The van der Waals surface area contributed by atoms with Crippen molar-refractivity contribution in [3.05, 3.63) is 18.2 Å². The fourth-order valence-electron chi connectivity index (χ4n) is 1.20. The van der Waals surface area contributed by atoms with Crippen molar-refractivity contribution >= 4 is 29.3 Å². The number of imidazole rings is 1. The van der Waals surface area contributed by atoms with Gasteiger partial charge in [0.1, 0.15) is 0 Å². The van der Waals surface area contributed by atoms with Gasteiger partial charge >= 0.3 is 0 Å². The van der Waals surface area contributed by atoms with Gasteiger partial charge in [0.15, 0.2) is 5.16 Å². The van der Waals surface area contributed by atoms with Crippen molar-refractivity contribution in [2.45, 2.75) is 5.16 Å². The SMILES string of the molecule is Cn1c(S)nc2cc(N)ccc21. The van der Waals surface area contributed by atoms with E-state index < -0.39 is 0 Å². The minimum absolute atomic E-state index is 0.704. The topological polar surface area (TPSA) is 43.8 Å². The van der Waals surface area contributed by atoms with Crippen LogP contribution in [0.1, 0.15) is 0 Å². The van der Waals surface area contributed by atoms with Gasteiger partial charge in [0.2, 0.25) is 0 Å². The van der Waals surface area contributed by atoms with E-state index >= 15 is 0 Å². The van der Waals surface area contributed by atoms with E-state index in [0.717, 1.165) is 16.7 Å². The lowest BCUT2D eigenvalue weighted by molar-refractivity contribution is 0.819. The Hall–Kier alpha value is -1.16. The van der Waals surface area contributed by atoms with Gasteiger partial charge in [0, 0.05) is 12.7 Å². The minimum Gasteiger partial charge on any atom is -0.399 e. The monoisotopic (exact) mass is 179 g/mol. The Kier molecular flexibility index (Phi) is 1.51. The van der Waals surface area contributed by atoms with Crippen molar-refractivity contribution in [3.8, 4) is 0 Å². The highest BCUT2D eigenvalue weighted by atomic mass is 32.1. The Morgan fingerprint density at radius 2 is 2.25 bits per heavy atom. The van der Waals surface area contributed by atoms with Crippen LogP contribution in [0, 0.1) is 0 Å². The zero-order chi connectivity index (χ0) is 8.72. The van der Waals surface area contributed by atoms with Crippen LogP contribution in [0.3, 0.4) is 0 Å². The lowest BCUT2D eigenvalue weighted by Crippen LogP contribution is -1.87. The fourth-order valence-corrected chi connectivity index (χ4v) is 1.42. The number of rotatable bonds is 0.